The van der Waals surface area contributed by atoms with Gasteiger partial charge in [0.05, 0.1) is 12.6 Å². The van der Waals surface area contributed by atoms with Gasteiger partial charge in [-0.15, -0.1) is 0 Å². The molecule has 1 unspecified atom stereocenters. The first-order valence-corrected chi connectivity index (χ1v) is 7.84. The molecule has 0 fully saturated rings. The number of nitrogens with zero attached hydrogens (tertiary/aromatic N) is 2. The Labute approximate surface area is 135 Å². The van der Waals surface area contributed by atoms with E-state index >= 15 is 0 Å². The highest BCUT2D eigenvalue weighted by Gasteiger charge is 2.32. The highest BCUT2D eigenvalue weighted by Crippen LogP contribution is 2.32. The number of hydrogen-bond acceptors (Lipinski definition) is 4. The van der Waals surface area contributed by atoms with Crippen LogP contribution in [-0.4, -0.2) is 34.2 Å². The smallest absolute Gasteiger partial charge is 0.410 e. The summed E-state index contributed by atoms with van der Waals surface area (Å²) < 4.78 is 5.21. The number of fused-ring (bicyclic) bond motifs is 1. The van der Waals surface area contributed by atoms with Gasteiger partial charge in [-0.05, 0) is 42.7 Å². The van der Waals surface area contributed by atoms with E-state index in [9.17, 15) is 9.90 Å². The molecule has 0 saturated carbocycles. The maximum Gasteiger partial charge on any atom is 0.410 e. The molecule has 0 aliphatic carbocycles. The average molecular weight is 312 g/mol. The lowest BCUT2D eigenvalue weighted by Gasteiger charge is -2.36. The van der Waals surface area contributed by atoms with Crippen LogP contribution in [0.2, 0.25) is 0 Å². The maximum atomic E-state index is 12.3. The summed E-state index contributed by atoms with van der Waals surface area (Å²) in [5.74, 6) is 0.238. The largest absolute Gasteiger partial charge is 0.508 e. The number of phenols is 1. The zero-order chi connectivity index (χ0) is 16.2. The molecule has 1 atom stereocenters. The summed E-state index contributed by atoms with van der Waals surface area (Å²) in [5.41, 5.74) is 3.16. The van der Waals surface area contributed by atoms with Crippen molar-refractivity contribution in [3.05, 3.63) is 59.4 Å². The molecule has 5 heteroatoms. The number of ether oxygens (including phenoxy) is 1. The number of aromatic hydroxyl groups is 1. The average Bonchev–Trinajstić information content (AvgIpc) is 2.57. The molecule has 2 aromatic rings. The number of pyridine rings is 1. The highest BCUT2D eigenvalue weighted by molar-refractivity contribution is 5.69. The van der Waals surface area contributed by atoms with Crippen LogP contribution < -0.4 is 0 Å². The number of carbonyl (C=O) groups is 1. The first kappa shape index (κ1) is 15.3. The number of phenolic OH excluding ortho intramolecular Hbond substituents is 1. The minimum atomic E-state index is -0.286. The van der Waals surface area contributed by atoms with Gasteiger partial charge >= 0.3 is 6.09 Å². The predicted molar refractivity (Wildman–Crippen MR) is 86.2 cm³/mol. The molecule has 0 spiro atoms. The van der Waals surface area contributed by atoms with Crippen molar-refractivity contribution >= 4 is 6.09 Å². The van der Waals surface area contributed by atoms with Crippen molar-refractivity contribution in [2.75, 3.05) is 13.2 Å². The van der Waals surface area contributed by atoms with Crippen molar-refractivity contribution in [2.45, 2.75) is 25.8 Å². The third kappa shape index (κ3) is 3.28. The van der Waals surface area contributed by atoms with Crippen molar-refractivity contribution in [1.82, 2.24) is 9.88 Å². The van der Waals surface area contributed by atoms with Gasteiger partial charge < -0.3 is 14.7 Å². The lowest BCUT2D eigenvalue weighted by molar-refractivity contribution is 0.0860. The van der Waals surface area contributed by atoms with Crippen molar-refractivity contribution in [3.8, 4) is 5.75 Å². The molecule has 0 saturated heterocycles. The molecule has 1 aliphatic rings. The second-order valence-corrected chi connectivity index (χ2v) is 5.57. The minimum absolute atomic E-state index is 0.101. The van der Waals surface area contributed by atoms with Crippen LogP contribution in [0.15, 0.2) is 42.6 Å². The number of aromatic nitrogens is 1. The SMILES string of the molecule is CCOC(=O)N1CCc2ncccc2C1Cc1ccc(O)cc1. The van der Waals surface area contributed by atoms with E-state index in [-0.39, 0.29) is 17.9 Å². The molecule has 0 bridgehead atoms. The fourth-order valence-electron chi connectivity index (χ4n) is 3.01. The predicted octanol–water partition coefficient (Wildman–Crippen LogP) is 3.09. The topological polar surface area (TPSA) is 62.7 Å². The Morgan fingerprint density at radius 2 is 2.13 bits per heavy atom. The molecule has 1 amide bonds. The lowest BCUT2D eigenvalue weighted by atomic mass is 9.92. The standard InChI is InChI=1S/C18H20N2O3/c1-2-23-18(22)20-11-9-16-15(4-3-10-19-16)17(20)12-13-5-7-14(21)8-6-13/h3-8,10,17,21H,2,9,11-12H2,1H3. The van der Waals surface area contributed by atoms with Gasteiger partial charge in [0.2, 0.25) is 0 Å². The third-order valence-corrected chi connectivity index (χ3v) is 4.12. The Morgan fingerprint density at radius 1 is 1.35 bits per heavy atom. The third-order valence-electron chi connectivity index (χ3n) is 4.12. The summed E-state index contributed by atoms with van der Waals surface area (Å²) in [6, 6.07) is 10.9. The highest BCUT2D eigenvalue weighted by atomic mass is 16.6. The molecule has 2 heterocycles. The van der Waals surface area contributed by atoms with E-state index in [4.69, 9.17) is 4.74 Å². The van der Waals surface area contributed by atoms with Crippen molar-refractivity contribution in [1.29, 1.82) is 0 Å². The number of amides is 1. The van der Waals surface area contributed by atoms with Crippen LogP contribution in [-0.2, 0) is 17.6 Å². The van der Waals surface area contributed by atoms with Crippen LogP contribution in [0.5, 0.6) is 5.75 Å². The lowest BCUT2D eigenvalue weighted by Crippen LogP contribution is -2.41. The quantitative estimate of drug-likeness (QED) is 0.946. The second kappa shape index (κ2) is 6.69. The molecule has 0 radical (unpaired) electrons. The monoisotopic (exact) mass is 312 g/mol. The molecular formula is C18H20N2O3. The Balaban J connectivity index is 1.92. The maximum absolute atomic E-state index is 12.3. The molecule has 5 nitrogen and oxygen atoms in total. The van der Waals surface area contributed by atoms with Crippen LogP contribution in [0.3, 0.4) is 0 Å². The molecule has 3 rings (SSSR count). The van der Waals surface area contributed by atoms with Crippen molar-refractivity contribution < 1.29 is 14.6 Å². The van der Waals surface area contributed by atoms with Gasteiger partial charge in [0.25, 0.3) is 0 Å². The van der Waals surface area contributed by atoms with Crippen molar-refractivity contribution in [2.24, 2.45) is 0 Å². The van der Waals surface area contributed by atoms with Gasteiger partial charge in [-0.1, -0.05) is 18.2 Å². The molecule has 120 valence electrons. The summed E-state index contributed by atoms with van der Waals surface area (Å²) in [5, 5.41) is 9.44. The molecule has 23 heavy (non-hydrogen) atoms. The van der Waals surface area contributed by atoms with E-state index in [2.05, 4.69) is 4.98 Å². The number of hydrogen-bond donors (Lipinski definition) is 1. The zero-order valence-electron chi connectivity index (χ0n) is 13.1. The van der Waals surface area contributed by atoms with E-state index in [0.717, 1.165) is 23.2 Å². The Kier molecular flexibility index (Phi) is 4.46. The van der Waals surface area contributed by atoms with Gasteiger partial charge in [0, 0.05) is 24.9 Å². The van der Waals surface area contributed by atoms with Crippen LogP contribution >= 0.6 is 0 Å². The number of benzene rings is 1. The van der Waals surface area contributed by atoms with Crippen molar-refractivity contribution in [3.63, 3.8) is 0 Å². The molecule has 1 N–H and O–H groups in total. The molecule has 1 aromatic carbocycles. The van der Waals surface area contributed by atoms with E-state index in [1.165, 1.54) is 0 Å². The van der Waals surface area contributed by atoms with Gasteiger partial charge in [0.1, 0.15) is 5.75 Å². The van der Waals surface area contributed by atoms with Crippen LogP contribution in [0, 0.1) is 0 Å². The van der Waals surface area contributed by atoms with Gasteiger partial charge in [-0.2, -0.15) is 0 Å². The van der Waals surface area contributed by atoms with Gasteiger partial charge in [0.15, 0.2) is 0 Å². The fourth-order valence-corrected chi connectivity index (χ4v) is 3.01. The first-order valence-electron chi connectivity index (χ1n) is 7.84. The Hall–Kier alpha value is -2.56. The molecular weight excluding hydrogens is 292 g/mol. The van der Waals surface area contributed by atoms with E-state index in [1.807, 2.05) is 31.2 Å². The summed E-state index contributed by atoms with van der Waals surface area (Å²) in [4.78, 5) is 18.5. The van der Waals surface area contributed by atoms with Crippen LogP contribution in [0.25, 0.3) is 0 Å². The Bertz CT molecular complexity index is 685. The van der Waals surface area contributed by atoms with Crippen LogP contribution in [0.4, 0.5) is 4.79 Å². The summed E-state index contributed by atoms with van der Waals surface area (Å²) in [6.45, 7) is 2.78. The minimum Gasteiger partial charge on any atom is -0.508 e. The van der Waals surface area contributed by atoms with Gasteiger partial charge in [-0.25, -0.2) is 4.79 Å². The van der Waals surface area contributed by atoms with Gasteiger partial charge in [-0.3, -0.25) is 4.98 Å². The molecule has 1 aromatic heterocycles. The normalized spacial score (nSPS) is 16.7. The fraction of sp³-hybridized carbons (Fsp3) is 0.333. The molecule has 1 aliphatic heterocycles. The summed E-state index contributed by atoms with van der Waals surface area (Å²) in [6.07, 6.45) is 2.90. The number of carbonyl (C=O) groups excluding carboxylic acids is 1. The first-order chi connectivity index (χ1) is 11.2. The zero-order valence-corrected chi connectivity index (χ0v) is 13.1. The summed E-state index contributed by atoms with van der Waals surface area (Å²) in [7, 11) is 0. The van der Waals surface area contributed by atoms with E-state index in [1.54, 1.807) is 23.2 Å². The van der Waals surface area contributed by atoms with Crippen LogP contribution in [0.1, 0.15) is 29.8 Å². The number of rotatable bonds is 3. The second-order valence-electron chi connectivity index (χ2n) is 5.57. The van der Waals surface area contributed by atoms with E-state index in [0.29, 0.717) is 19.6 Å². The van der Waals surface area contributed by atoms with E-state index < -0.39 is 0 Å². The summed E-state index contributed by atoms with van der Waals surface area (Å²) >= 11 is 0. The Morgan fingerprint density at radius 3 is 2.87 bits per heavy atom.